The van der Waals surface area contributed by atoms with Crippen LogP contribution in [-0.2, 0) is 4.79 Å². The topological polar surface area (TPSA) is 65.5 Å². The lowest BCUT2D eigenvalue weighted by molar-refractivity contribution is -0.133. The molecule has 3 amide bonds. The van der Waals surface area contributed by atoms with Crippen LogP contribution in [0.5, 0.6) is 0 Å². The predicted octanol–water partition coefficient (Wildman–Crippen LogP) is 3.61. The monoisotopic (exact) mass is 396 g/mol. The number of halogens is 2. The molecule has 1 aliphatic carbocycles. The van der Waals surface area contributed by atoms with E-state index in [1.807, 2.05) is 4.90 Å². The lowest BCUT2D eigenvalue weighted by atomic mass is 9.87. The van der Waals surface area contributed by atoms with Crippen LogP contribution in [0.3, 0.4) is 0 Å². The van der Waals surface area contributed by atoms with E-state index in [-0.39, 0.29) is 18.0 Å². The van der Waals surface area contributed by atoms with E-state index in [0.717, 1.165) is 38.6 Å². The van der Waals surface area contributed by atoms with Gasteiger partial charge in [0.25, 0.3) is 5.91 Å². The number of hydrogen-bond acceptors (Lipinski definition) is 4. The number of pyridine rings is 1. The second-order valence-corrected chi connectivity index (χ2v) is 8.31. The Morgan fingerprint density at radius 2 is 1.92 bits per heavy atom. The van der Waals surface area contributed by atoms with Crippen molar-refractivity contribution in [2.45, 2.75) is 56.5 Å². The van der Waals surface area contributed by atoms with Crippen molar-refractivity contribution in [1.29, 1.82) is 0 Å². The molecule has 0 radical (unpaired) electrons. The number of nitrogens with zero attached hydrogens (tertiary/aromatic N) is 3. The average Bonchev–Trinajstić information content (AvgIpc) is 2.85. The number of carbonyl (C=O) groups excluding carboxylic acids is 2. The number of carbonyl (C=O) groups is 2. The Labute approximate surface area is 162 Å². The molecule has 1 N–H and O–H groups in total. The standard InChI is InChI=1S/C18H22Cl2N4O2/c19-12-9-14(20)15(21-10-12)23-8-4-7-18(11-23)16(25)24(17(26)22-18)13-5-2-1-3-6-13/h9-10,13H,1-8,11H2,(H,22,26). The van der Waals surface area contributed by atoms with Gasteiger partial charge < -0.3 is 10.2 Å². The summed E-state index contributed by atoms with van der Waals surface area (Å²) in [5.41, 5.74) is -0.878. The molecule has 140 valence electrons. The van der Waals surface area contributed by atoms with Crippen LogP contribution in [0, 0.1) is 0 Å². The van der Waals surface area contributed by atoms with Gasteiger partial charge in [0.15, 0.2) is 0 Å². The van der Waals surface area contributed by atoms with Gasteiger partial charge in [-0.3, -0.25) is 9.69 Å². The summed E-state index contributed by atoms with van der Waals surface area (Å²) in [4.78, 5) is 33.7. The van der Waals surface area contributed by atoms with E-state index in [2.05, 4.69) is 10.3 Å². The van der Waals surface area contributed by atoms with Crippen molar-refractivity contribution in [3.63, 3.8) is 0 Å². The molecule has 26 heavy (non-hydrogen) atoms. The van der Waals surface area contributed by atoms with Gasteiger partial charge in [-0.2, -0.15) is 0 Å². The lowest BCUT2D eigenvalue weighted by Crippen LogP contribution is -2.59. The van der Waals surface area contributed by atoms with Crippen molar-refractivity contribution < 1.29 is 9.59 Å². The first kappa shape index (κ1) is 17.9. The van der Waals surface area contributed by atoms with Crippen LogP contribution >= 0.6 is 23.2 Å². The fourth-order valence-corrected chi connectivity index (χ4v) is 4.96. The molecule has 1 unspecified atom stereocenters. The van der Waals surface area contributed by atoms with Crippen LogP contribution < -0.4 is 10.2 Å². The molecule has 2 saturated heterocycles. The van der Waals surface area contributed by atoms with Crippen molar-refractivity contribution >= 4 is 41.0 Å². The molecular weight excluding hydrogens is 375 g/mol. The second kappa shape index (κ2) is 6.89. The number of imide groups is 1. The molecule has 2 aliphatic heterocycles. The maximum atomic E-state index is 13.2. The molecule has 6 nitrogen and oxygen atoms in total. The molecule has 3 heterocycles. The van der Waals surface area contributed by atoms with E-state index in [0.29, 0.717) is 28.8 Å². The first-order valence-corrected chi connectivity index (χ1v) is 9.98. The Bertz CT molecular complexity index is 738. The third kappa shape index (κ3) is 3.03. The van der Waals surface area contributed by atoms with Gasteiger partial charge in [0.2, 0.25) is 0 Å². The van der Waals surface area contributed by atoms with Crippen LogP contribution in [0.25, 0.3) is 0 Å². The zero-order valence-corrected chi connectivity index (χ0v) is 16.0. The number of urea groups is 1. The lowest BCUT2D eigenvalue weighted by Gasteiger charge is -2.39. The van der Waals surface area contributed by atoms with Crippen molar-refractivity contribution in [1.82, 2.24) is 15.2 Å². The summed E-state index contributed by atoms with van der Waals surface area (Å²) in [6, 6.07) is 1.43. The molecule has 1 aromatic rings. The van der Waals surface area contributed by atoms with E-state index in [1.54, 1.807) is 12.3 Å². The third-order valence-corrected chi connectivity index (χ3v) is 6.20. The van der Waals surface area contributed by atoms with Gasteiger partial charge in [0, 0.05) is 18.8 Å². The molecule has 3 fully saturated rings. The SMILES string of the molecule is O=C1NC2(CCCN(c3ncc(Cl)cc3Cl)C2)C(=O)N1C1CCCCC1. The minimum Gasteiger partial charge on any atom is -0.352 e. The van der Waals surface area contributed by atoms with Crippen molar-refractivity contribution in [2.24, 2.45) is 0 Å². The van der Waals surface area contributed by atoms with Gasteiger partial charge in [-0.05, 0) is 31.7 Å². The van der Waals surface area contributed by atoms with E-state index in [1.165, 1.54) is 11.3 Å². The fourth-order valence-electron chi connectivity index (χ4n) is 4.47. The van der Waals surface area contributed by atoms with Gasteiger partial charge in [-0.25, -0.2) is 9.78 Å². The Morgan fingerprint density at radius 1 is 1.15 bits per heavy atom. The van der Waals surface area contributed by atoms with Crippen LogP contribution in [0.2, 0.25) is 10.0 Å². The highest BCUT2D eigenvalue weighted by atomic mass is 35.5. The molecule has 0 bridgehead atoms. The molecule has 1 saturated carbocycles. The highest BCUT2D eigenvalue weighted by molar-refractivity contribution is 6.36. The maximum absolute atomic E-state index is 13.2. The number of piperidine rings is 1. The van der Waals surface area contributed by atoms with Gasteiger partial charge in [0.05, 0.1) is 16.6 Å². The Hall–Kier alpha value is -1.53. The number of nitrogens with one attached hydrogen (secondary N) is 1. The van der Waals surface area contributed by atoms with Gasteiger partial charge in [-0.15, -0.1) is 0 Å². The zero-order valence-electron chi connectivity index (χ0n) is 14.5. The summed E-state index contributed by atoms with van der Waals surface area (Å²) in [6.45, 7) is 1.12. The van der Waals surface area contributed by atoms with E-state index in [9.17, 15) is 9.59 Å². The molecule has 4 rings (SSSR count). The molecule has 1 spiro atoms. The summed E-state index contributed by atoms with van der Waals surface area (Å²) >= 11 is 12.2. The number of hydrogen-bond donors (Lipinski definition) is 1. The summed E-state index contributed by atoms with van der Waals surface area (Å²) in [7, 11) is 0. The van der Waals surface area contributed by atoms with Crippen LogP contribution in [0.1, 0.15) is 44.9 Å². The number of rotatable bonds is 2. The Balaban J connectivity index is 1.58. The summed E-state index contributed by atoms with van der Waals surface area (Å²) in [5.74, 6) is 0.512. The van der Waals surface area contributed by atoms with Crippen LogP contribution in [-0.4, -0.2) is 46.5 Å². The van der Waals surface area contributed by atoms with Crippen molar-refractivity contribution in [2.75, 3.05) is 18.0 Å². The highest BCUT2D eigenvalue weighted by Gasteiger charge is 2.55. The van der Waals surface area contributed by atoms with Crippen LogP contribution in [0.4, 0.5) is 10.6 Å². The molecule has 1 atom stereocenters. The predicted molar refractivity (Wildman–Crippen MR) is 101 cm³/mol. The fraction of sp³-hybridized carbons (Fsp3) is 0.611. The smallest absolute Gasteiger partial charge is 0.325 e. The molecular formula is C18H22Cl2N4O2. The maximum Gasteiger partial charge on any atom is 0.325 e. The summed E-state index contributed by atoms with van der Waals surface area (Å²) in [5, 5.41) is 3.92. The number of aromatic nitrogens is 1. The first-order chi connectivity index (χ1) is 12.5. The largest absolute Gasteiger partial charge is 0.352 e. The molecule has 8 heteroatoms. The number of amides is 3. The zero-order chi connectivity index (χ0) is 18.3. The molecule has 0 aromatic carbocycles. The van der Waals surface area contributed by atoms with E-state index in [4.69, 9.17) is 23.2 Å². The van der Waals surface area contributed by atoms with Crippen molar-refractivity contribution in [3.05, 3.63) is 22.3 Å². The van der Waals surface area contributed by atoms with Crippen LogP contribution in [0.15, 0.2) is 12.3 Å². The number of anilines is 1. The summed E-state index contributed by atoms with van der Waals surface area (Å²) in [6.07, 6.45) is 8.12. The highest BCUT2D eigenvalue weighted by Crippen LogP contribution is 2.36. The molecule has 3 aliphatic rings. The Kier molecular flexibility index (Phi) is 4.73. The average molecular weight is 397 g/mol. The minimum atomic E-state index is -0.878. The normalized spacial score (nSPS) is 27.3. The second-order valence-electron chi connectivity index (χ2n) is 7.46. The van der Waals surface area contributed by atoms with Gasteiger partial charge in [0.1, 0.15) is 11.4 Å². The quantitative estimate of drug-likeness (QED) is 0.775. The van der Waals surface area contributed by atoms with E-state index >= 15 is 0 Å². The summed E-state index contributed by atoms with van der Waals surface area (Å²) < 4.78 is 0. The minimum absolute atomic E-state index is 0.0308. The third-order valence-electron chi connectivity index (χ3n) is 5.71. The van der Waals surface area contributed by atoms with E-state index < -0.39 is 5.54 Å². The van der Waals surface area contributed by atoms with Crippen molar-refractivity contribution in [3.8, 4) is 0 Å². The van der Waals surface area contributed by atoms with Gasteiger partial charge in [-0.1, -0.05) is 42.5 Å². The molecule has 1 aromatic heterocycles. The Morgan fingerprint density at radius 3 is 2.65 bits per heavy atom. The van der Waals surface area contributed by atoms with Gasteiger partial charge >= 0.3 is 6.03 Å². The first-order valence-electron chi connectivity index (χ1n) is 9.22.